The van der Waals surface area contributed by atoms with Crippen LogP contribution in [0.25, 0.3) is 0 Å². The first-order valence-electron chi connectivity index (χ1n) is 9.23. The zero-order valence-electron chi connectivity index (χ0n) is 14.9. The quantitative estimate of drug-likeness (QED) is 0.651. The molecule has 1 unspecified atom stereocenters. The molecule has 4 bridgehead atoms. The summed E-state index contributed by atoms with van der Waals surface area (Å²) in [6.45, 7) is 3.10. The van der Waals surface area contributed by atoms with E-state index in [1.807, 2.05) is 14.0 Å². The second kappa shape index (κ2) is 8.05. The minimum atomic E-state index is -0.105. The van der Waals surface area contributed by atoms with E-state index in [-0.39, 0.29) is 35.7 Å². The van der Waals surface area contributed by atoms with Crippen LogP contribution < -0.4 is 16.0 Å². The Hall–Kier alpha value is -0.810. The maximum Gasteiger partial charge on any atom is 0.226 e. The summed E-state index contributed by atoms with van der Waals surface area (Å²) in [5.41, 5.74) is -0.105. The maximum absolute atomic E-state index is 12.7. The van der Waals surface area contributed by atoms with Gasteiger partial charge in [0.1, 0.15) is 0 Å². The molecule has 0 spiro atoms. The zero-order valence-corrected chi connectivity index (χ0v) is 15.7. The Morgan fingerprint density at radius 1 is 1.04 bits per heavy atom. The molecule has 3 N–H and O–H groups in total. The molecule has 0 radical (unpaired) electrons. The van der Waals surface area contributed by atoms with Gasteiger partial charge in [0.2, 0.25) is 11.8 Å². The molecule has 0 saturated heterocycles. The smallest absolute Gasteiger partial charge is 0.226 e. The molecule has 138 valence electrons. The Kier molecular flexibility index (Phi) is 6.54. The van der Waals surface area contributed by atoms with Crippen LogP contribution in [0.4, 0.5) is 0 Å². The largest absolute Gasteiger partial charge is 0.355 e. The van der Waals surface area contributed by atoms with Crippen molar-refractivity contribution in [3.63, 3.8) is 0 Å². The van der Waals surface area contributed by atoms with E-state index >= 15 is 0 Å². The Labute approximate surface area is 151 Å². The maximum atomic E-state index is 12.7. The van der Waals surface area contributed by atoms with Gasteiger partial charge in [-0.1, -0.05) is 0 Å². The van der Waals surface area contributed by atoms with Crippen molar-refractivity contribution in [2.45, 2.75) is 57.9 Å². The molecule has 0 aliphatic heterocycles. The zero-order chi connectivity index (χ0) is 16.4. The molecular formula is C18H32ClN3O2. The fourth-order valence-corrected chi connectivity index (χ4v) is 5.32. The third-order valence-corrected chi connectivity index (χ3v) is 6.26. The van der Waals surface area contributed by atoms with E-state index in [0.717, 1.165) is 37.0 Å². The van der Waals surface area contributed by atoms with E-state index in [4.69, 9.17) is 0 Å². The third kappa shape index (κ3) is 4.23. The molecule has 4 aliphatic carbocycles. The fraction of sp³-hybridized carbons (Fsp3) is 0.889. The van der Waals surface area contributed by atoms with Crippen LogP contribution in [-0.4, -0.2) is 38.0 Å². The summed E-state index contributed by atoms with van der Waals surface area (Å²) in [5.74, 6) is 2.56. The van der Waals surface area contributed by atoms with E-state index in [1.165, 1.54) is 19.3 Å². The van der Waals surface area contributed by atoms with Gasteiger partial charge in [0.05, 0.1) is 0 Å². The summed E-state index contributed by atoms with van der Waals surface area (Å²) >= 11 is 0. The van der Waals surface area contributed by atoms with Crippen molar-refractivity contribution < 1.29 is 9.59 Å². The van der Waals surface area contributed by atoms with E-state index in [1.54, 1.807) is 0 Å². The number of carbonyl (C=O) groups is 2. The predicted molar refractivity (Wildman–Crippen MR) is 97.0 cm³/mol. The van der Waals surface area contributed by atoms with Gasteiger partial charge >= 0.3 is 0 Å². The van der Waals surface area contributed by atoms with Crippen molar-refractivity contribution in [3.8, 4) is 0 Å². The molecule has 2 amide bonds. The number of hydrogen-bond acceptors (Lipinski definition) is 3. The van der Waals surface area contributed by atoms with Gasteiger partial charge in [0.15, 0.2) is 0 Å². The van der Waals surface area contributed by atoms with Gasteiger partial charge in [-0.2, -0.15) is 0 Å². The van der Waals surface area contributed by atoms with Crippen molar-refractivity contribution in [2.24, 2.45) is 23.2 Å². The average Bonchev–Trinajstić information content (AvgIpc) is 2.51. The van der Waals surface area contributed by atoms with Crippen molar-refractivity contribution in [2.75, 3.05) is 20.1 Å². The molecule has 0 aromatic heterocycles. The van der Waals surface area contributed by atoms with Gasteiger partial charge < -0.3 is 16.0 Å². The lowest BCUT2D eigenvalue weighted by molar-refractivity contribution is -0.146. The molecule has 4 fully saturated rings. The number of likely N-dealkylation sites (N-methyl/N-ethyl adjacent to an activating group) is 1. The van der Waals surface area contributed by atoms with Crippen molar-refractivity contribution in [3.05, 3.63) is 0 Å². The standard InChI is InChI=1S/C18H31N3O2.ClH/c1-12(19-2)11-21-16(22)3-4-20-17(23)18-8-13-5-14(9-18)7-15(6-13)10-18;/h12-15,19H,3-11H2,1-2H3,(H,20,23)(H,21,22);1H. The molecule has 5 nitrogen and oxygen atoms in total. The van der Waals surface area contributed by atoms with Crippen LogP contribution in [0.15, 0.2) is 0 Å². The van der Waals surface area contributed by atoms with Gasteiger partial charge in [-0.05, 0) is 70.3 Å². The monoisotopic (exact) mass is 357 g/mol. The van der Waals surface area contributed by atoms with E-state index < -0.39 is 0 Å². The summed E-state index contributed by atoms with van der Waals surface area (Å²) < 4.78 is 0. The third-order valence-electron chi connectivity index (χ3n) is 6.26. The molecule has 0 aromatic carbocycles. The van der Waals surface area contributed by atoms with Gasteiger partial charge in [-0.15, -0.1) is 12.4 Å². The first kappa shape index (κ1) is 19.5. The summed E-state index contributed by atoms with van der Waals surface area (Å²) in [6, 6.07) is 0.264. The van der Waals surface area contributed by atoms with Crippen LogP contribution in [0, 0.1) is 23.2 Å². The molecule has 0 heterocycles. The van der Waals surface area contributed by atoms with E-state index in [9.17, 15) is 9.59 Å². The molecule has 6 heteroatoms. The Morgan fingerprint density at radius 3 is 2.08 bits per heavy atom. The number of nitrogens with one attached hydrogen (secondary N) is 3. The first-order chi connectivity index (χ1) is 11.0. The van der Waals surface area contributed by atoms with Crippen LogP contribution in [0.2, 0.25) is 0 Å². The summed E-state index contributed by atoms with van der Waals surface area (Å²) in [5, 5.41) is 9.03. The minimum absolute atomic E-state index is 0. The Balaban J connectivity index is 0.00000208. The first-order valence-corrected chi connectivity index (χ1v) is 9.23. The van der Waals surface area contributed by atoms with Crippen molar-refractivity contribution in [1.82, 2.24) is 16.0 Å². The van der Waals surface area contributed by atoms with Crippen molar-refractivity contribution in [1.29, 1.82) is 0 Å². The fourth-order valence-electron chi connectivity index (χ4n) is 5.32. The number of amides is 2. The molecule has 4 saturated carbocycles. The Morgan fingerprint density at radius 2 is 1.58 bits per heavy atom. The highest BCUT2D eigenvalue weighted by Gasteiger charge is 2.54. The number of hydrogen-bond donors (Lipinski definition) is 3. The average molecular weight is 358 g/mol. The highest BCUT2D eigenvalue weighted by molar-refractivity contribution is 5.85. The van der Waals surface area contributed by atoms with Crippen LogP contribution in [0.5, 0.6) is 0 Å². The van der Waals surface area contributed by atoms with Gasteiger partial charge in [-0.3, -0.25) is 9.59 Å². The summed E-state index contributed by atoms with van der Waals surface area (Å²) in [7, 11) is 1.88. The molecule has 24 heavy (non-hydrogen) atoms. The number of carbonyl (C=O) groups excluding carboxylic acids is 2. The molecule has 4 rings (SSSR count). The lowest BCUT2D eigenvalue weighted by atomic mass is 9.49. The molecule has 1 atom stereocenters. The number of rotatable bonds is 7. The van der Waals surface area contributed by atoms with Gasteiger partial charge in [0, 0.05) is 31.0 Å². The topological polar surface area (TPSA) is 70.2 Å². The normalized spacial score (nSPS) is 34.3. The second-order valence-electron chi connectivity index (χ2n) is 8.20. The minimum Gasteiger partial charge on any atom is -0.355 e. The lowest BCUT2D eigenvalue weighted by Gasteiger charge is -2.55. The van der Waals surface area contributed by atoms with Crippen LogP contribution in [0.1, 0.15) is 51.9 Å². The Bertz CT molecular complexity index is 434. The molecular weight excluding hydrogens is 326 g/mol. The van der Waals surface area contributed by atoms with Gasteiger partial charge in [0.25, 0.3) is 0 Å². The lowest BCUT2D eigenvalue weighted by Crippen LogP contribution is -2.53. The summed E-state index contributed by atoms with van der Waals surface area (Å²) in [6.07, 6.45) is 7.65. The van der Waals surface area contributed by atoms with Crippen LogP contribution in [0.3, 0.4) is 0 Å². The van der Waals surface area contributed by atoms with E-state index in [2.05, 4.69) is 16.0 Å². The predicted octanol–water partition coefficient (Wildman–Crippen LogP) is 1.85. The number of halogens is 1. The van der Waals surface area contributed by atoms with Gasteiger partial charge in [-0.25, -0.2) is 0 Å². The van der Waals surface area contributed by atoms with E-state index in [0.29, 0.717) is 19.5 Å². The SMILES string of the molecule is CNC(C)CNC(=O)CCNC(=O)C12CC3CC(CC(C3)C1)C2.Cl. The highest BCUT2D eigenvalue weighted by atomic mass is 35.5. The van der Waals surface area contributed by atoms with Crippen LogP contribution >= 0.6 is 12.4 Å². The molecule has 4 aliphatic rings. The second-order valence-corrected chi connectivity index (χ2v) is 8.20. The van der Waals surface area contributed by atoms with Crippen LogP contribution in [-0.2, 0) is 9.59 Å². The van der Waals surface area contributed by atoms with Crippen molar-refractivity contribution >= 4 is 24.2 Å². The highest BCUT2D eigenvalue weighted by Crippen LogP contribution is 2.60. The molecule has 0 aromatic rings. The summed E-state index contributed by atoms with van der Waals surface area (Å²) in [4.78, 5) is 24.5.